The fourth-order valence-corrected chi connectivity index (χ4v) is 5.28. The van der Waals surface area contributed by atoms with Gasteiger partial charge < -0.3 is 28.4 Å². The van der Waals surface area contributed by atoms with E-state index in [1.54, 1.807) is 24.5 Å². The van der Waals surface area contributed by atoms with Gasteiger partial charge in [0.05, 0.1) is 64.4 Å². The number of rotatable bonds is 8. The zero-order chi connectivity index (χ0) is 33.4. The summed E-state index contributed by atoms with van der Waals surface area (Å²) in [6, 6.07) is 6.35. The van der Waals surface area contributed by atoms with Crippen molar-refractivity contribution in [1.29, 1.82) is 0 Å². The Morgan fingerprint density at radius 1 is 0.565 bits per heavy atom. The number of carbonyl (C=O) groups excluding carboxylic acids is 2. The summed E-state index contributed by atoms with van der Waals surface area (Å²) in [6.07, 6.45) is 3.15. The highest BCUT2D eigenvalue weighted by Gasteiger charge is 2.26. The van der Waals surface area contributed by atoms with Gasteiger partial charge in [0.15, 0.2) is 12.4 Å². The summed E-state index contributed by atoms with van der Waals surface area (Å²) < 4.78 is 98.7. The monoisotopic (exact) mass is 692 g/mol. The summed E-state index contributed by atoms with van der Waals surface area (Å²) in [6.45, 7) is 2.08. The number of carbonyl (C=O) groups is 2. The molecule has 1 aliphatic rings. The van der Waals surface area contributed by atoms with Crippen molar-refractivity contribution in [3.63, 3.8) is 0 Å². The number of pyridine rings is 2. The van der Waals surface area contributed by atoms with Crippen LogP contribution in [0.15, 0.2) is 36.7 Å². The summed E-state index contributed by atoms with van der Waals surface area (Å²) >= 11 is 0. The lowest BCUT2D eigenvalue weighted by atomic mass is 10.1. The number of hydrogen-bond acceptors (Lipinski definition) is 12. The average molecular weight is 693 g/mol. The van der Waals surface area contributed by atoms with Crippen LogP contribution >= 0.6 is 0 Å². The second kappa shape index (κ2) is 18.9. The predicted octanol–water partition coefficient (Wildman–Crippen LogP) is -0.122. The second-order valence-corrected chi connectivity index (χ2v) is 13.1. The molecule has 0 unspecified atom stereocenters. The molecule has 18 heteroatoms. The van der Waals surface area contributed by atoms with E-state index in [1.165, 1.54) is 21.3 Å². The molecule has 0 spiro atoms. The first-order valence-corrected chi connectivity index (χ1v) is 17.8. The summed E-state index contributed by atoms with van der Waals surface area (Å²) in [7, 11) is -8.42. The van der Waals surface area contributed by atoms with Gasteiger partial charge in [-0.1, -0.05) is 0 Å². The normalized spacial score (nSPS) is 17.0. The molecule has 0 atom stereocenters. The minimum atomic E-state index is -4.21. The van der Waals surface area contributed by atoms with Crippen molar-refractivity contribution >= 4 is 32.2 Å². The predicted molar refractivity (Wildman–Crippen MR) is 158 cm³/mol. The molecule has 0 fully saturated rings. The van der Waals surface area contributed by atoms with Gasteiger partial charge in [-0.2, -0.15) is 26.0 Å². The van der Waals surface area contributed by atoms with E-state index in [9.17, 15) is 26.4 Å². The molecule has 3 rings (SSSR count). The number of nitrogens with zero attached hydrogens (tertiary/aromatic N) is 2. The van der Waals surface area contributed by atoms with E-state index in [1.807, 2.05) is 0 Å². The number of aromatic nitrogens is 2. The average Bonchev–Trinajstić information content (AvgIpc) is 2.99. The standard InChI is InChI=1S/C28H38N2O14S2/c31-27-25-21-23(3-7-29(25)5-1-19-45(33,34)35)24-4-8-30(6-2-20-46(36,37)38)26(22-24)28(32)44-18-16-42-14-12-40-10-9-39-11-13-41-15-17-43-27/h3-4,7-8,21-22H,1-2,5-6,9-20H2/p+2. The third-order valence-corrected chi connectivity index (χ3v) is 8.07. The lowest BCUT2D eigenvalue weighted by Crippen LogP contribution is -2.42. The Kier molecular flexibility index (Phi) is 15.3. The Morgan fingerprint density at radius 3 is 1.22 bits per heavy atom. The first-order valence-electron chi connectivity index (χ1n) is 14.6. The molecule has 0 saturated heterocycles. The molecular formula is C28H40N2O14S2+2. The Morgan fingerprint density at radius 2 is 0.891 bits per heavy atom. The van der Waals surface area contributed by atoms with Gasteiger partial charge in [0.25, 0.3) is 31.6 Å². The SMILES string of the molecule is O=C1OCCOCCOCCOCCOCCOC(=O)c2cc(cc[n+]2CCCS(=O)(=O)O)-c2cc[n+](CCCS(=O)(=O)O)c1c2. The Labute approximate surface area is 267 Å². The highest BCUT2D eigenvalue weighted by molar-refractivity contribution is 7.86. The molecule has 0 saturated carbocycles. The highest BCUT2D eigenvalue weighted by Crippen LogP contribution is 2.20. The van der Waals surface area contributed by atoms with Crippen molar-refractivity contribution in [2.75, 3.05) is 77.6 Å². The lowest BCUT2D eigenvalue weighted by Gasteiger charge is -2.10. The van der Waals surface area contributed by atoms with Gasteiger partial charge in [0.2, 0.25) is 0 Å². The van der Waals surface area contributed by atoms with Crippen LogP contribution in [0.4, 0.5) is 0 Å². The van der Waals surface area contributed by atoms with Crippen molar-refractivity contribution in [3.05, 3.63) is 48.0 Å². The van der Waals surface area contributed by atoms with Gasteiger partial charge in [-0.05, 0) is 11.1 Å². The van der Waals surface area contributed by atoms with E-state index >= 15 is 0 Å². The van der Waals surface area contributed by atoms with Crippen LogP contribution in [0.5, 0.6) is 0 Å². The maximum absolute atomic E-state index is 13.1. The summed E-state index contributed by atoms with van der Waals surface area (Å²) in [5, 5.41) is 0. The molecule has 2 aromatic heterocycles. The van der Waals surface area contributed by atoms with Gasteiger partial charge >= 0.3 is 11.9 Å². The minimum absolute atomic E-state index is 0.0197. The van der Waals surface area contributed by atoms with E-state index in [2.05, 4.69) is 0 Å². The number of ether oxygens (including phenoxy) is 6. The van der Waals surface area contributed by atoms with E-state index in [0.29, 0.717) is 37.6 Å². The molecule has 2 N–H and O–H groups in total. The fourth-order valence-electron chi connectivity index (χ4n) is 4.29. The van der Waals surface area contributed by atoms with E-state index in [0.717, 1.165) is 0 Å². The Balaban J connectivity index is 1.91. The zero-order valence-corrected chi connectivity index (χ0v) is 26.9. The molecule has 0 aromatic carbocycles. The molecule has 1 aliphatic heterocycles. The van der Waals surface area contributed by atoms with E-state index in [-0.39, 0.29) is 77.0 Å². The summed E-state index contributed by atoms with van der Waals surface area (Å²) in [4.78, 5) is 26.3. The molecule has 2 aromatic rings. The molecule has 46 heavy (non-hydrogen) atoms. The van der Waals surface area contributed by atoms with Gasteiger partial charge in [-0.3, -0.25) is 9.11 Å². The van der Waals surface area contributed by atoms with Crippen LogP contribution in [0.3, 0.4) is 0 Å². The van der Waals surface area contributed by atoms with Gasteiger partial charge in [-0.15, -0.1) is 0 Å². The minimum Gasteiger partial charge on any atom is -0.455 e. The maximum Gasteiger partial charge on any atom is 0.403 e. The van der Waals surface area contributed by atoms with Crippen LogP contribution in [0.1, 0.15) is 33.8 Å². The molecule has 0 radical (unpaired) electrons. The van der Waals surface area contributed by atoms with Crippen LogP contribution in [-0.4, -0.2) is 115 Å². The number of aryl methyl sites for hydroxylation is 2. The third-order valence-electron chi connectivity index (χ3n) is 6.46. The van der Waals surface area contributed by atoms with Gasteiger partial charge in [0.1, 0.15) is 26.3 Å². The van der Waals surface area contributed by atoms with Crippen molar-refractivity contribution in [2.45, 2.75) is 25.9 Å². The number of cyclic esters (lactones) is 2. The van der Waals surface area contributed by atoms with Crippen LogP contribution in [0.2, 0.25) is 0 Å². The first-order chi connectivity index (χ1) is 21.9. The van der Waals surface area contributed by atoms with Crippen LogP contribution in [0, 0.1) is 0 Å². The number of fused-ring (bicyclic) bond motifs is 5. The van der Waals surface area contributed by atoms with Crippen molar-refractivity contribution < 1.29 is 73.1 Å². The molecular weight excluding hydrogens is 652 g/mol. The molecule has 256 valence electrons. The van der Waals surface area contributed by atoms with Crippen molar-refractivity contribution in [3.8, 4) is 11.1 Å². The summed E-state index contributed by atoms with van der Waals surface area (Å²) in [5.41, 5.74) is 1.17. The van der Waals surface area contributed by atoms with E-state index < -0.39 is 43.7 Å². The second-order valence-electron chi connectivity index (χ2n) is 9.99. The van der Waals surface area contributed by atoms with Crippen molar-refractivity contribution in [1.82, 2.24) is 0 Å². The molecule has 16 nitrogen and oxygen atoms in total. The van der Waals surface area contributed by atoms with Gasteiger partial charge in [0, 0.05) is 37.1 Å². The smallest absolute Gasteiger partial charge is 0.403 e. The number of hydrogen-bond donors (Lipinski definition) is 2. The topological polar surface area (TPSA) is 206 Å². The largest absolute Gasteiger partial charge is 0.455 e. The maximum atomic E-state index is 13.1. The number of esters is 2. The third kappa shape index (κ3) is 14.1. The lowest BCUT2D eigenvalue weighted by molar-refractivity contribution is -0.699. The van der Waals surface area contributed by atoms with E-state index in [4.69, 9.17) is 37.5 Å². The zero-order valence-electron chi connectivity index (χ0n) is 25.3. The van der Waals surface area contributed by atoms with Crippen LogP contribution in [-0.2, 0) is 61.7 Å². The Hall–Kier alpha value is -3.10. The van der Waals surface area contributed by atoms with Gasteiger partial charge in [-0.25, -0.2) is 9.59 Å². The molecule has 3 heterocycles. The Bertz CT molecular complexity index is 1400. The quantitative estimate of drug-likeness (QED) is 0.210. The van der Waals surface area contributed by atoms with Crippen LogP contribution < -0.4 is 9.13 Å². The first kappa shape index (κ1) is 37.4. The van der Waals surface area contributed by atoms with Crippen LogP contribution in [0.25, 0.3) is 11.1 Å². The summed E-state index contributed by atoms with van der Waals surface area (Å²) in [5.74, 6) is -2.44. The van der Waals surface area contributed by atoms with Crippen molar-refractivity contribution in [2.24, 2.45) is 0 Å². The molecule has 4 bridgehead atoms. The highest BCUT2D eigenvalue weighted by atomic mass is 32.2. The fraction of sp³-hybridized carbons (Fsp3) is 0.571. The molecule has 0 amide bonds. The molecule has 0 aliphatic carbocycles.